The highest BCUT2D eigenvalue weighted by Gasteiger charge is 2.59. The number of aliphatic hydroxyl groups is 3. The van der Waals surface area contributed by atoms with Crippen LogP contribution in [0.15, 0.2) is 28.7 Å². The van der Waals surface area contributed by atoms with Gasteiger partial charge in [0.2, 0.25) is 5.78 Å². The predicted octanol–water partition coefficient (Wildman–Crippen LogP) is 1.45. The molecule has 158 valence electrons. The number of Topliss-reactive ketones (excluding diaryl/α,β-unsaturated/α-hetero) is 2. The third-order valence-electron chi connectivity index (χ3n) is 6.73. The van der Waals surface area contributed by atoms with E-state index in [0.717, 1.165) is 5.56 Å². The van der Waals surface area contributed by atoms with E-state index >= 15 is 0 Å². The molecular formula is C22H23NO7. The van der Waals surface area contributed by atoms with Crippen molar-refractivity contribution in [3.63, 3.8) is 0 Å². The summed E-state index contributed by atoms with van der Waals surface area (Å²) in [5, 5.41) is 42.8. The minimum atomic E-state index is -2.53. The molecule has 4 rings (SSSR count). The lowest BCUT2D eigenvalue weighted by Crippen LogP contribution is -2.57. The lowest BCUT2D eigenvalue weighted by atomic mass is 9.60. The number of primary amides is 1. The van der Waals surface area contributed by atoms with E-state index in [4.69, 9.17) is 5.73 Å². The summed E-state index contributed by atoms with van der Waals surface area (Å²) in [7, 11) is 0. The van der Waals surface area contributed by atoms with Gasteiger partial charge in [0.25, 0.3) is 5.91 Å². The van der Waals surface area contributed by atoms with Crippen LogP contribution in [0.3, 0.4) is 0 Å². The molecule has 0 fully saturated rings. The maximum absolute atomic E-state index is 13.4. The molecule has 3 aliphatic rings. The van der Waals surface area contributed by atoms with E-state index in [-0.39, 0.29) is 29.7 Å². The molecule has 8 heteroatoms. The van der Waals surface area contributed by atoms with E-state index < -0.39 is 52.0 Å². The Bertz CT molecular complexity index is 1100. The molecule has 0 aromatic heterocycles. The number of ketones is 2. The summed E-state index contributed by atoms with van der Waals surface area (Å²) in [6.45, 7) is 3.61. The Morgan fingerprint density at radius 3 is 2.50 bits per heavy atom. The van der Waals surface area contributed by atoms with Gasteiger partial charge in [-0.15, -0.1) is 0 Å². The van der Waals surface area contributed by atoms with Crippen LogP contribution in [0.4, 0.5) is 0 Å². The van der Waals surface area contributed by atoms with Gasteiger partial charge in [0.15, 0.2) is 11.4 Å². The van der Waals surface area contributed by atoms with E-state index in [1.54, 1.807) is 6.92 Å². The maximum Gasteiger partial charge on any atom is 0.255 e. The first kappa shape index (κ1) is 20.2. The first-order chi connectivity index (χ1) is 14.0. The lowest BCUT2D eigenvalue weighted by molar-refractivity contribution is -0.144. The number of fused-ring (bicyclic) bond motifs is 3. The van der Waals surface area contributed by atoms with Gasteiger partial charge in [0, 0.05) is 17.9 Å². The summed E-state index contributed by atoms with van der Waals surface area (Å²) in [4.78, 5) is 37.9. The van der Waals surface area contributed by atoms with Crippen molar-refractivity contribution < 1.29 is 34.8 Å². The third kappa shape index (κ3) is 2.40. The van der Waals surface area contributed by atoms with Crippen molar-refractivity contribution in [3.8, 4) is 5.75 Å². The number of aryl methyl sites for hydroxylation is 2. The van der Waals surface area contributed by atoms with Gasteiger partial charge >= 0.3 is 0 Å². The van der Waals surface area contributed by atoms with Crippen LogP contribution in [0.2, 0.25) is 0 Å². The number of hydrogen-bond donors (Lipinski definition) is 5. The van der Waals surface area contributed by atoms with Crippen molar-refractivity contribution in [1.82, 2.24) is 0 Å². The second-order valence-electron chi connectivity index (χ2n) is 8.32. The van der Waals surface area contributed by atoms with E-state index in [9.17, 15) is 34.8 Å². The quantitative estimate of drug-likeness (QED) is 0.459. The van der Waals surface area contributed by atoms with Crippen LogP contribution in [-0.2, 0) is 22.4 Å². The van der Waals surface area contributed by atoms with E-state index in [1.807, 2.05) is 13.0 Å². The number of benzene rings is 1. The molecule has 3 atom stereocenters. The second kappa shape index (κ2) is 6.43. The van der Waals surface area contributed by atoms with Crippen LogP contribution in [0.1, 0.15) is 46.8 Å². The van der Waals surface area contributed by atoms with E-state index in [1.165, 1.54) is 0 Å². The standard InChI is InChI=1S/C22H23NO7/c1-3-9-4-8(2)17(25)15-12(9)6-10-5-11-7-13(24)16(21(23)29)20(28)22(11,30)19(27)14(10)18(15)26/h4,10-11,24-25,27,30H,3,5-7H2,1-2H3,(H2,23,29)/t10-,11+,22+/m1/s1. The fourth-order valence-corrected chi connectivity index (χ4v) is 5.23. The number of carbonyl (C=O) groups is 3. The Kier molecular flexibility index (Phi) is 4.32. The first-order valence-corrected chi connectivity index (χ1v) is 9.85. The number of carbonyl (C=O) groups excluding carboxylic acids is 3. The zero-order valence-corrected chi connectivity index (χ0v) is 16.7. The Hall–Kier alpha value is -3.13. The Balaban J connectivity index is 1.94. The highest BCUT2D eigenvalue weighted by Crippen LogP contribution is 2.51. The molecule has 3 aliphatic carbocycles. The molecule has 0 unspecified atom stereocenters. The van der Waals surface area contributed by atoms with Crippen molar-refractivity contribution in [2.45, 2.75) is 45.1 Å². The van der Waals surface area contributed by atoms with Gasteiger partial charge < -0.3 is 26.2 Å². The van der Waals surface area contributed by atoms with Gasteiger partial charge in [-0.1, -0.05) is 13.0 Å². The van der Waals surface area contributed by atoms with Crippen molar-refractivity contribution in [2.75, 3.05) is 0 Å². The summed E-state index contributed by atoms with van der Waals surface area (Å²) in [6, 6.07) is 1.83. The first-order valence-electron chi connectivity index (χ1n) is 9.85. The molecule has 0 saturated carbocycles. The van der Waals surface area contributed by atoms with Crippen molar-refractivity contribution >= 4 is 17.5 Å². The van der Waals surface area contributed by atoms with Gasteiger partial charge in [0.1, 0.15) is 22.8 Å². The highest BCUT2D eigenvalue weighted by atomic mass is 16.3. The molecule has 0 spiro atoms. The van der Waals surface area contributed by atoms with Gasteiger partial charge in [-0.05, 0) is 48.8 Å². The molecule has 0 radical (unpaired) electrons. The molecule has 1 aromatic rings. The van der Waals surface area contributed by atoms with Gasteiger partial charge in [-0.3, -0.25) is 14.4 Å². The molecule has 0 aliphatic heterocycles. The molecule has 6 N–H and O–H groups in total. The van der Waals surface area contributed by atoms with E-state index in [2.05, 4.69) is 0 Å². The Morgan fingerprint density at radius 1 is 1.23 bits per heavy atom. The summed E-state index contributed by atoms with van der Waals surface area (Å²) in [5.74, 6) is -6.03. The monoisotopic (exact) mass is 413 g/mol. The number of allylic oxidation sites excluding steroid dienone is 2. The number of phenols is 1. The van der Waals surface area contributed by atoms with Crippen LogP contribution < -0.4 is 5.73 Å². The van der Waals surface area contributed by atoms with E-state index in [0.29, 0.717) is 24.0 Å². The molecule has 30 heavy (non-hydrogen) atoms. The predicted molar refractivity (Wildman–Crippen MR) is 105 cm³/mol. The van der Waals surface area contributed by atoms with Gasteiger partial charge in [-0.2, -0.15) is 0 Å². The van der Waals surface area contributed by atoms with Gasteiger partial charge in [-0.25, -0.2) is 0 Å². The Labute approximate surface area is 172 Å². The number of nitrogens with two attached hydrogens (primary N) is 1. The molecule has 0 saturated heterocycles. The highest BCUT2D eigenvalue weighted by molar-refractivity contribution is 6.24. The number of hydrogen-bond acceptors (Lipinski definition) is 7. The summed E-state index contributed by atoms with van der Waals surface area (Å²) in [5.41, 5.74) is 3.94. The van der Waals surface area contributed by atoms with Crippen molar-refractivity contribution in [1.29, 1.82) is 0 Å². The minimum Gasteiger partial charge on any atom is -0.511 e. The van der Waals surface area contributed by atoms with Crippen molar-refractivity contribution in [2.24, 2.45) is 17.6 Å². The average Bonchev–Trinajstić information content (AvgIpc) is 2.67. The van der Waals surface area contributed by atoms with Crippen LogP contribution in [-0.4, -0.2) is 43.5 Å². The zero-order chi connectivity index (χ0) is 22.1. The zero-order valence-electron chi connectivity index (χ0n) is 16.7. The second-order valence-corrected chi connectivity index (χ2v) is 8.32. The van der Waals surface area contributed by atoms with Crippen LogP contribution >= 0.6 is 0 Å². The largest absolute Gasteiger partial charge is 0.511 e. The van der Waals surface area contributed by atoms with Crippen LogP contribution in [0.5, 0.6) is 5.75 Å². The molecule has 1 amide bonds. The van der Waals surface area contributed by atoms with Crippen LogP contribution in [0.25, 0.3) is 0 Å². The topological polar surface area (TPSA) is 158 Å². The van der Waals surface area contributed by atoms with Gasteiger partial charge in [0.05, 0.1) is 5.56 Å². The fourth-order valence-electron chi connectivity index (χ4n) is 5.23. The lowest BCUT2D eigenvalue weighted by Gasteiger charge is -2.45. The number of aromatic hydroxyl groups is 1. The van der Waals surface area contributed by atoms with Crippen LogP contribution in [0, 0.1) is 18.8 Å². The molecule has 0 heterocycles. The van der Waals surface area contributed by atoms with Crippen molar-refractivity contribution in [3.05, 3.63) is 51.0 Å². The maximum atomic E-state index is 13.4. The molecule has 0 bridgehead atoms. The third-order valence-corrected chi connectivity index (χ3v) is 6.73. The smallest absolute Gasteiger partial charge is 0.255 e. The molecule has 1 aromatic carbocycles. The fraction of sp³-hybridized carbons (Fsp3) is 0.409. The number of rotatable bonds is 2. The molecular weight excluding hydrogens is 390 g/mol. The number of phenolic OH excluding ortho intramolecular Hbond substituents is 1. The summed E-state index contributed by atoms with van der Waals surface area (Å²) < 4.78 is 0. The normalized spacial score (nSPS) is 28.2. The summed E-state index contributed by atoms with van der Waals surface area (Å²) >= 11 is 0. The Morgan fingerprint density at radius 2 is 1.90 bits per heavy atom. The molecule has 8 nitrogen and oxygen atoms in total. The number of aliphatic hydroxyl groups excluding tert-OH is 2. The number of amides is 1. The minimum absolute atomic E-state index is 0.0727. The summed E-state index contributed by atoms with van der Waals surface area (Å²) in [6.07, 6.45) is 0.896. The SMILES string of the molecule is CCc1cc(C)c(O)c2c1C[C@H]1C[C@H]3CC(O)=C(C(N)=O)C(=O)[C@@]3(O)C(O)=C1C2=O. The average molecular weight is 413 g/mol.